The van der Waals surface area contributed by atoms with Crippen LogP contribution in [0.3, 0.4) is 0 Å². The normalized spacial score (nSPS) is 31.8. The van der Waals surface area contributed by atoms with E-state index in [1.165, 1.54) is 17.8 Å². The molecule has 5 atom stereocenters. The van der Waals surface area contributed by atoms with Gasteiger partial charge in [0.25, 0.3) is 0 Å². The summed E-state index contributed by atoms with van der Waals surface area (Å²) in [6, 6.07) is 3.99. The Balaban J connectivity index is 1.43. The Morgan fingerprint density at radius 1 is 1.19 bits per heavy atom. The van der Waals surface area contributed by atoms with Gasteiger partial charge in [0.2, 0.25) is 11.8 Å². The first-order valence-electron chi connectivity index (χ1n) is 13.6. The first-order valence-corrected chi connectivity index (χ1v) is 15.3. The zero-order valence-electron chi connectivity index (χ0n) is 21.8. The number of thiazole rings is 1. The van der Waals surface area contributed by atoms with Crippen molar-refractivity contribution in [3.05, 3.63) is 33.0 Å². The Kier molecular flexibility index (Phi) is 7.78. The number of hydrogen-bond donors (Lipinski definition) is 4. The van der Waals surface area contributed by atoms with Gasteiger partial charge in [-0.3, -0.25) is 9.59 Å². The molecule has 9 heteroatoms. The summed E-state index contributed by atoms with van der Waals surface area (Å²) in [7, 11) is 0. The number of carbonyl (C=O) groups is 2. The standard InChI is InChI=1S/C28H39N3O4S2/c1-27-11-10-22(33)28(2,16-32)21(27)14-20-24(19(27)13-23(34)29-15-18-9-6-12-36-18)30-26(37-20)31-25(35)17-7-4-3-5-8-17/h6,9,12,17,19,21-22,32-33H,3-5,7-8,10-11,13-16H2,1-2H3,(H,29,34)(H,30,31,35). The van der Waals surface area contributed by atoms with Crippen LogP contribution >= 0.6 is 22.7 Å². The van der Waals surface area contributed by atoms with Gasteiger partial charge < -0.3 is 20.8 Å². The fraction of sp³-hybridized carbons (Fsp3) is 0.679. The summed E-state index contributed by atoms with van der Waals surface area (Å²) in [6.45, 7) is 4.58. The highest BCUT2D eigenvalue weighted by molar-refractivity contribution is 7.15. The summed E-state index contributed by atoms with van der Waals surface area (Å²) < 4.78 is 0. The van der Waals surface area contributed by atoms with E-state index in [4.69, 9.17) is 4.98 Å². The van der Waals surface area contributed by atoms with E-state index in [9.17, 15) is 19.8 Å². The Morgan fingerprint density at radius 2 is 1.97 bits per heavy atom. The maximum Gasteiger partial charge on any atom is 0.229 e. The van der Waals surface area contributed by atoms with Crippen LogP contribution in [0.15, 0.2) is 17.5 Å². The van der Waals surface area contributed by atoms with Gasteiger partial charge in [0, 0.05) is 33.4 Å². The first kappa shape index (κ1) is 26.8. The molecular formula is C28H39N3O4S2. The fourth-order valence-electron chi connectivity index (χ4n) is 7.13. The van der Waals surface area contributed by atoms with E-state index >= 15 is 0 Å². The molecule has 5 rings (SSSR count). The number of nitrogens with zero attached hydrogens (tertiary/aromatic N) is 1. The number of aliphatic hydroxyl groups is 2. The van der Waals surface area contributed by atoms with Gasteiger partial charge in [-0.15, -0.1) is 22.7 Å². The lowest BCUT2D eigenvalue weighted by Gasteiger charge is -2.58. The van der Waals surface area contributed by atoms with E-state index in [1.54, 1.807) is 11.3 Å². The van der Waals surface area contributed by atoms with Gasteiger partial charge in [-0.05, 0) is 54.9 Å². The molecule has 2 heterocycles. The Bertz CT molecular complexity index is 1110. The van der Waals surface area contributed by atoms with E-state index in [1.807, 2.05) is 24.4 Å². The van der Waals surface area contributed by atoms with Crippen LogP contribution in [-0.4, -0.2) is 39.7 Å². The van der Waals surface area contributed by atoms with E-state index in [0.717, 1.165) is 47.6 Å². The molecule has 2 aromatic heterocycles. The fourth-order valence-corrected chi connectivity index (χ4v) is 8.84. The van der Waals surface area contributed by atoms with Gasteiger partial charge in [-0.1, -0.05) is 39.2 Å². The van der Waals surface area contributed by atoms with Crippen LogP contribution in [0.2, 0.25) is 0 Å². The molecule has 0 radical (unpaired) electrons. The molecule has 3 aliphatic carbocycles. The highest BCUT2D eigenvalue weighted by atomic mass is 32.1. The van der Waals surface area contributed by atoms with Crippen LogP contribution in [0.4, 0.5) is 5.13 Å². The van der Waals surface area contributed by atoms with E-state index in [0.29, 0.717) is 30.9 Å². The van der Waals surface area contributed by atoms with Crippen molar-refractivity contribution < 1.29 is 19.8 Å². The maximum atomic E-state index is 13.2. The van der Waals surface area contributed by atoms with E-state index in [2.05, 4.69) is 17.6 Å². The summed E-state index contributed by atoms with van der Waals surface area (Å²) in [5, 5.41) is 30.2. The van der Waals surface area contributed by atoms with Gasteiger partial charge in [-0.2, -0.15) is 0 Å². The summed E-state index contributed by atoms with van der Waals surface area (Å²) >= 11 is 3.12. The third kappa shape index (κ3) is 5.12. The number of amides is 2. The van der Waals surface area contributed by atoms with Crippen molar-refractivity contribution in [1.29, 1.82) is 0 Å². The molecule has 37 heavy (non-hydrogen) atoms. The third-order valence-electron chi connectivity index (χ3n) is 9.53. The molecule has 2 amide bonds. The van der Waals surface area contributed by atoms with Crippen LogP contribution in [0.1, 0.15) is 86.6 Å². The SMILES string of the molecule is CC1(CO)C(O)CCC2(C)C(CC(=O)NCc3cccs3)c3nc(NC(=O)C4CCCCC4)sc3CC12. The van der Waals surface area contributed by atoms with Crippen LogP contribution in [0.25, 0.3) is 0 Å². The summed E-state index contributed by atoms with van der Waals surface area (Å²) in [5.74, 6) is -0.0845. The molecule has 7 nitrogen and oxygen atoms in total. The molecule has 0 spiro atoms. The zero-order chi connectivity index (χ0) is 26.2. The van der Waals surface area contributed by atoms with Crippen LogP contribution in [0, 0.1) is 22.7 Å². The minimum absolute atomic E-state index is 0.00121. The Hall–Kier alpha value is -1.81. The van der Waals surface area contributed by atoms with Gasteiger partial charge >= 0.3 is 0 Å². The molecule has 3 aliphatic rings. The number of hydrogen-bond acceptors (Lipinski definition) is 7. The molecule has 2 fully saturated rings. The van der Waals surface area contributed by atoms with E-state index < -0.39 is 11.5 Å². The molecule has 202 valence electrons. The number of carbonyl (C=O) groups excluding carboxylic acids is 2. The quantitative estimate of drug-likeness (QED) is 0.398. The topological polar surface area (TPSA) is 112 Å². The number of aromatic nitrogens is 1. The minimum Gasteiger partial charge on any atom is -0.396 e. The summed E-state index contributed by atoms with van der Waals surface area (Å²) in [5.41, 5.74) is -0.0557. The van der Waals surface area contributed by atoms with Crippen molar-refractivity contribution in [2.75, 3.05) is 11.9 Å². The zero-order valence-corrected chi connectivity index (χ0v) is 23.4. The first-order chi connectivity index (χ1) is 17.7. The van der Waals surface area contributed by atoms with Gasteiger partial charge in [-0.25, -0.2) is 4.98 Å². The number of anilines is 1. The molecule has 2 aromatic rings. The lowest BCUT2D eigenvalue weighted by molar-refractivity contribution is -0.144. The third-order valence-corrected chi connectivity index (χ3v) is 11.4. The average molecular weight is 546 g/mol. The number of rotatable bonds is 7. The summed E-state index contributed by atoms with van der Waals surface area (Å²) in [6.07, 6.45) is 6.97. The summed E-state index contributed by atoms with van der Waals surface area (Å²) in [4.78, 5) is 33.3. The monoisotopic (exact) mass is 545 g/mol. The average Bonchev–Trinajstić information content (AvgIpc) is 3.57. The van der Waals surface area contributed by atoms with Crippen LogP contribution in [-0.2, 0) is 22.6 Å². The van der Waals surface area contributed by atoms with Crippen molar-refractivity contribution in [3.63, 3.8) is 0 Å². The number of thiophene rings is 1. The molecular weight excluding hydrogens is 506 g/mol. The number of nitrogens with one attached hydrogen (secondary N) is 2. The Labute approximate surface area is 227 Å². The van der Waals surface area contributed by atoms with E-state index in [-0.39, 0.29) is 41.6 Å². The van der Waals surface area contributed by atoms with Gasteiger partial charge in [0.05, 0.1) is 24.9 Å². The van der Waals surface area contributed by atoms with Crippen molar-refractivity contribution in [2.45, 2.75) is 90.2 Å². The molecule has 4 N–H and O–H groups in total. The molecule has 0 bridgehead atoms. The van der Waals surface area contributed by atoms with Gasteiger partial charge in [0.1, 0.15) is 0 Å². The van der Waals surface area contributed by atoms with Crippen molar-refractivity contribution >= 4 is 39.6 Å². The molecule has 0 aromatic carbocycles. The second-order valence-corrected chi connectivity index (χ2v) is 13.9. The highest BCUT2D eigenvalue weighted by Crippen LogP contribution is 2.62. The second kappa shape index (κ2) is 10.8. The predicted octanol–water partition coefficient (Wildman–Crippen LogP) is 4.85. The van der Waals surface area contributed by atoms with Crippen LogP contribution < -0.4 is 10.6 Å². The number of aliphatic hydroxyl groups excluding tert-OH is 2. The van der Waals surface area contributed by atoms with Crippen molar-refractivity contribution in [3.8, 4) is 0 Å². The minimum atomic E-state index is -0.661. The molecule has 5 unspecified atom stereocenters. The largest absolute Gasteiger partial charge is 0.396 e. The molecule has 0 saturated heterocycles. The van der Waals surface area contributed by atoms with Gasteiger partial charge in [0.15, 0.2) is 5.13 Å². The lowest BCUT2D eigenvalue weighted by atomic mass is 9.47. The predicted molar refractivity (Wildman–Crippen MR) is 147 cm³/mol. The number of fused-ring (bicyclic) bond motifs is 2. The second-order valence-electron chi connectivity index (χ2n) is 11.7. The van der Waals surface area contributed by atoms with Crippen LogP contribution in [0.5, 0.6) is 0 Å². The lowest BCUT2D eigenvalue weighted by Crippen LogP contribution is -2.57. The smallest absolute Gasteiger partial charge is 0.229 e. The van der Waals surface area contributed by atoms with Crippen molar-refractivity contribution in [2.24, 2.45) is 22.7 Å². The molecule has 2 saturated carbocycles. The highest BCUT2D eigenvalue weighted by Gasteiger charge is 2.59. The Morgan fingerprint density at radius 3 is 2.68 bits per heavy atom. The van der Waals surface area contributed by atoms with Crippen molar-refractivity contribution in [1.82, 2.24) is 10.3 Å². The maximum absolute atomic E-state index is 13.2. The molecule has 0 aliphatic heterocycles.